The molecule has 1 N–H and O–H groups in total. The van der Waals surface area contributed by atoms with Gasteiger partial charge in [-0.15, -0.1) is 0 Å². The first-order chi connectivity index (χ1) is 8.19. The maximum Gasteiger partial charge on any atom is 0.119 e. The molecule has 1 aromatic rings. The molecule has 2 atom stereocenters. The molecule has 0 aromatic heterocycles. The number of aliphatic hydroxyl groups excluding tert-OH is 1. The molecule has 0 aliphatic rings. The van der Waals surface area contributed by atoms with Crippen molar-refractivity contribution < 1.29 is 14.6 Å². The molecular weight excluding hydrogens is 216 g/mol. The summed E-state index contributed by atoms with van der Waals surface area (Å²) in [6.07, 6.45) is 1.89. The molecule has 1 rings (SSSR count). The van der Waals surface area contributed by atoms with E-state index in [1.165, 1.54) is 5.56 Å². The van der Waals surface area contributed by atoms with Gasteiger partial charge < -0.3 is 14.6 Å². The summed E-state index contributed by atoms with van der Waals surface area (Å²) in [6.45, 7) is 2.21. The van der Waals surface area contributed by atoms with E-state index in [0.717, 1.165) is 18.6 Å². The van der Waals surface area contributed by atoms with E-state index >= 15 is 0 Å². The van der Waals surface area contributed by atoms with Crippen molar-refractivity contribution in [1.29, 1.82) is 0 Å². The summed E-state index contributed by atoms with van der Waals surface area (Å²) >= 11 is 0. The Morgan fingerprint density at radius 3 is 2.65 bits per heavy atom. The number of methoxy groups -OCH3 is 2. The summed E-state index contributed by atoms with van der Waals surface area (Å²) in [5, 5.41) is 9.37. The standard InChI is InChI=1S/C14H22O3/c1-11(16-2)7-13(10-15)8-12-5-4-6-14(9-12)17-3/h4-6,9,11,13,15H,7-8,10H2,1-3H3. The van der Waals surface area contributed by atoms with E-state index in [1.807, 2.05) is 25.1 Å². The summed E-state index contributed by atoms with van der Waals surface area (Å²) in [5.41, 5.74) is 1.19. The largest absolute Gasteiger partial charge is 0.497 e. The van der Waals surface area contributed by atoms with Crippen molar-refractivity contribution in [3.05, 3.63) is 29.8 Å². The lowest BCUT2D eigenvalue weighted by atomic mass is 9.94. The van der Waals surface area contributed by atoms with Gasteiger partial charge in [0.15, 0.2) is 0 Å². The number of hydrogen-bond donors (Lipinski definition) is 1. The summed E-state index contributed by atoms with van der Waals surface area (Å²) in [7, 11) is 3.36. The molecule has 0 spiro atoms. The second kappa shape index (κ2) is 7.30. The molecule has 1 aromatic carbocycles. The first-order valence-corrected chi connectivity index (χ1v) is 5.96. The first kappa shape index (κ1) is 14.0. The van der Waals surface area contributed by atoms with Gasteiger partial charge in [0, 0.05) is 13.7 Å². The van der Waals surface area contributed by atoms with Gasteiger partial charge in [-0.3, -0.25) is 0 Å². The van der Waals surface area contributed by atoms with Gasteiger partial charge in [0.25, 0.3) is 0 Å². The van der Waals surface area contributed by atoms with Gasteiger partial charge in [0.05, 0.1) is 13.2 Å². The second-order valence-electron chi connectivity index (χ2n) is 4.39. The highest BCUT2D eigenvalue weighted by molar-refractivity contribution is 5.28. The lowest BCUT2D eigenvalue weighted by Crippen LogP contribution is -2.17. The van der Waals surface area contributed by atoms with Crippen molar-refractivity contribution in [2.45, 2.75) is 25.9 Å². The minimum Gasteiger partial charge on any atom is -0.497 e. The van der Waals surface area contributed by atoms with Gasteiger partial charge >= 0.3 is 0 Å². The quantitative estimate of drug-likeness (QED) is 0.792. The van der Waals surface area contributed by atoms with E-state index in [-0.39, 0.29) is 18.6 Å². The third kappa shape index (κ3) is 4.75. The van der Waals surface area contributed by atoms with Crippen LogP contribution in [0.15, 0.2) is 24.3 Å². The van der Waals surface area contributed by atoms with E-state index in [1.54, 1.807) is 14.2 Å². The van der Waals surface area contributed by atoms with Gasteiger partial charge in [-0.25, -0.2) is 0 Å². The van der Waals surface area contributed by atoms with Crippen LogP contribution in [0.1, 0.15) is 18.9 Å². The number of rotatable bonds is 7. The zero-order valence-corrected chi connectivity index (χ0v) is 10.8. The Kier molecular flexibility index (Phi) is 6.01. The molecule has 0 fully saturated rings. The maximum atomic E-state index is 9.37. The average Bonchev–Trinajstić information content (AvgIpc) is 2.37. The van der Waals surface area contributed by atoms with Gasteiger partial charge in [-0.1, -0.05) is 12.1 Å². The summed E-state index contributed by atoms with van der Waals surface area (Å²) in [6, 6.07) is 7.97. The Balaban J connectivity index is 2.60. The molecule has 96 valence electrons. The number of aliphatic hydroxyl groups is 1. The molecule has 17 heavy (non-hydrogen) atoms. The Morgan fingerprint density at radius 2 is 2.06 bits per heavy atom. The number of hydrogen-bond acceptors (Lipinski definition) is 3. The fourth-order valence-corrected chi connectivity index (χ4v) is 1.92. The van der Waals surface area contributed by atoms with E-state index in [0.29, 0.717) is 0 Å². The van der Waals surface area contributed by atoms with E-state index < -0.39 is 0 Å². The summed E-state index contributed by atoms with van der Waals surface area (Å²) < 4.78 is 10.4. The van der Waals surface area contributed by atoms with E-state index in [9.17, 15) is 5.11 Å². The maximum absolute atomic E-state index is 9.37. The molecule has 0 aliphatic carbocycles. The molecule has 0 bridgehead atoms. The molecule has 2 unspecified atom stereocenters. The van der Waals surface area contributed by atoms with Crippen LogP contribution < -0.4 is 4.74 Å². The number of benzene rings is 1. The van der Waals surface area contributed by atoms with Crippen LogP contribution in [0.4, 0.5) is 0 Å². The minimum atomic E-state index is 0.178. The minimum absolute atomic E-state index is 0.178. The van der Waals surface area contributed by atoms with Crippen LogP contribution in [-0.4, -0.2) is 32.0 Å². The van der Waals surface area contributed by atoms with Crippen molar-refractivity contribution in [3.8, 4) is 5.75 Å². The Bertz CT molecular complexity index is 325. The van der Waals surface area contributed by atoms with Crippen molar-refractivity contribution in [3.63, 3.8) is 0 Å². The van der Waals surface area contributed by atoms with Crippen LogP contribution in [0.5, 0.6) is 5.75 Å². The van der Waals surface area contributed by atoms with Crippen LogP contribution in [0.2, 0.25) is 0 Å². The zero-order valence-electron chi connectivity index (χ0n) is 10.8. The van der Waals surface area contributed by atoms with Crippen molar-refractivity contribution in [2.75, 3.05) is 20.8 Å². The van der Waals surface area contributed by atoms with Crippen molar-refractivity contribution in [1.82, 2.24) is 0 Å². The Hall–Kier alpha value is -1.06. The van der Waals surface area contributed by atoms with E-state index in [2.05, 4.69) is 6.07 Å². The summed E-state index contributed by atoms with van der Waals surface area (Å²) in [4.78, 5) is 0. The molecule has 0 radical (unpaired) electrons. The van der Waals surface area contributed by atoms with Gasteiger partial charge in [-0.05, 0) is 43.4 Å². The van der Waals surface area contributed by atoms with Crippen LogP contribution in [0.3, 0.4) is 0 Å². The van der Waals surface area contributed by atoms with Crippen molar-refractivity contribution in [2.24, 2.45) is 5.92 Å². The summed E-state index contributed by atoms with van der Waals surface area (Å²) in [5.74, 6) is 1.09. The SMILES string of the molecule is COc1cccc(CC(CO)CC(C)OC)c1. The topological polar surface area (TPSA) is 38.7 Å². The monoisotopic (exact) mass is 238 g/mol. The number of ether oxygens (including phenoxy) is 2. The van der Waals surface area contributed by atoms with Gasteiger partial charge in [-0.2, -0.15) is 0 Å². The third-order valence-electron chi connectivity index (χ3n) is 2.98. The van der Waals surface area contributed by atoms with E-state index in [4.69, 9.17) is 9.47 Å². The highest BCUT2D eigenvalue weighted by Crippen LogP contribution is 2.19. The smallest absolute Gasteiger partial charge is 0.119 e. The van der Waals surface area contributed by atoms with Crippen molar-refractivity contribution >= 4 is 0 Å². The van der Waals surface area contributed by atoms with Gasteiger partial charge in [0.1, 0.15) is 5.75 Å². The fourth-order valence-electron chi connectivity index (χ4n) is 1.92. The fraction of sp³-hybridized carbons (Fsp3) is 0.571. The highest BCUT2D eigenvalue weighted by Gasteiger charge is 2.13. The molecular formula is C14H22O3. The predicted molar refractivity (Wildman–Crippen MR) is 68.4 cm³/mol. The normalized spacial score (nSPS) is 14.4. The first-order valence-electron chi connectivity index (χ1n) is 5.96. The van der Waals surface area contributed by atoms with Crippen LogP contribution in [-0.2, 0) is 11.2 Å². The second-order valence-corrected chi connectivity index (χ2v) is 4.39. The lowest BCUT2D eigenvalue weighted by Gasteiger charge is -2.18. The molecule has 3 heteroatoms. The molecule has 0 heterocycles. The molecule has 0 amide bonds. The zero-order chi connectivity index (χ0) is 12.7. The average molecular weight is 238 g/mol. The third-order valence-corrected chi connectivity index (χ3v) is 2.98. The molecule has 0 saturated heterocycles. The predicted octanol–water partition coefficient (Wildman–Crippen LogP) is 2.27. The van der Waals surface area contributed by atoms with Gasteiger partial charge in [0.2, 0.25) is 0 Å². The highest BCUT2D eigenvalue weighted by atomic mass is 16.5. The molecule has 0 aliphatic heterocycles. The Labute approximate surface area is 103 Å². The molecule has 3 nitrogen and oxygen atoms in total. The van der Waals surface area contributed by atoms with Crippen LogP contribution in [0, 0.1) is 5.92 Å². The Morgan fingerprint density at radius 1 is 1.29 bits per heavy atom. The lowest BCUT2D eigenvalue weighted by molar-refractivity contribution is 0.0806. The van der Waals surface area contributed by atoms with Crippen LogP contribution in [0.25, 0.3) is 0 Å². The molecule has 0 saturated carbocycles. The van der Waals surface area contributed by atoms with Crippen LogP contribution >= 0.6 is 0 Å².